The number of aromatic nitrogens is 12. The number of hydrogen-bond acceptors (Lipinski definition) is 28. The monoisotopic (exact) mass is 2150 g/mol. The van der Waals surface area contributed by atoms with E-state index >= 15 is 0 Å². The predicted molar refractivity (Wildman–Crippen MR) is 584 cm³/mol. The van der Waals surface area contributed by atoms with Crippen molar-refractivity contribution in [1.29, 1.82) is 0 Å². The minimum atomic E-state index is -2.79. The van der Waals surface area contributed by atoms with Gasteiger partial charge in [0, 0.05) is 78.7 Å². The second-order valence-electron chi connectivity index (χ2n) is 48.4. The van der Waals surface area contributed by atoms with E-state index in [4.69, 9.17) is 53.7 Å². The van der Waals surface area contributed by atoms with Crippen LogP contribution in [-0.4, -0.2) is 263 Å². The number of carbonyl (C=O) groups excluding carboxylic acids is 4. The number of nitrogens with zero attached hydrogens (tertiary/aromatic N) is 16. The lowest BCUT2D eigenvalue weighted by molar-refractivity contribution is -0.132. The Balaban J connectivity index is 0.000000167. The molecule has 40 heteroatoms. The maximum atomic E-state index is 13.5. The van der Waals surface area contributed by atoms with E-state index in [0.29, 0.717) is 138 Å². The first-order valence-corrected chi connectivity index (χ1v) is 63.3. The SMILES string of the molecule is CC(C)C1O[Si](C)(CCn2cc(CN3C(=O)[C@H](Cc4ccccc4)NC3(C)C)nn2)OC1C(C)C.CC(C)C1O[Si](C)(CCn2cc(CN3C(=O)[C@H](Cc4ccccc4)N[C@@H]3C(C)(C)C)nn2)OC1C(C)C.CO[Si]1(CCn2cc(COc3ccc(C[C@@H]4NC(C)(C)N(C)C4=O)cc3)nn2)OC(C(C)C)C(C(C)C)O1.CO[Si]1(CCn2cc(COc3ccc(C[C@@H]4N[C@H](C(C)(C)C)N(C)C4=O)cc3)nn2)OC(C(C)C)C(C(C)C)O1. The first-order valence-electron chi connectivity index (χ1n) is 54.4. The van der Waals surface area contributed by atoms with Gasteiger partial charge in [-0.25, -0.2) is 0 Å². The van der Waals surface area contributed by atoms with Gasteiger partial charge in [-0.3, -0.25) is 59.2 Å². The number of benzene rings is 4. The molecule has 8 saturated heterocycles. The van der Waals surface area contributed by atoms with Gasteiger partial charge in [-0.1, -0.05) is 258 Å². The molecular formula is C110H176N20O16Si4. The second-order valence-corrected chi connectivity index (χ2v) is 60.4. The quantitative estimate of drug-likeness (QED) is 0.0259. The van der Waals surface area contributed by atoms with Crippen molar-refractivity contribution in [1.82, 2.24) is 101 Å². The second kappa shape index (κ2) is 50.0. The van der Waals surface area contributed by atoms with Crippen LogP contribution in [0.25, 0.3) is 0 Å². The molecule has 14 atom stereocenters. The van der Waals surface area contributed by atoms with Crippen LogP contribution in [0, 0.1) is 58.2 Å². The zero-order valence-corrected chi connectivity index (χ0v) is 99.4. The molecule has 36 nitrogen and oxygen atoms in total. The van der Waals surface area contributed by atoms with Gasteiger partial charge in [0.05, 0.1) is 135 Å². The molecule has 0 bridgehead atoms. The summed E-state index contributed by atoms with van der Waals surface area (Å²) in [5.41, 5.74) is 6.58. The molecule has 4 aromatic heterocycles. The first kappa shape index (κ1) is 118. The van der Waals surface area contributed by atoms with Gasteiger partial charge in [0.25, 0.3) is 0 Å². The summed E-state index contributed by atoms with van der Waals surface area (Å²) in [6.07, 6.45) is 11.0. The molecule has 16 rings (SSSR count). The third-order valence-electron chi connectivity index (χ3n) is 30.0. The molecule has 150 heavy (non-hydrogen) atoms. The molecule has 12 heterocycles. The fourth-order valence-electron chi connectivity index (χ4n) is 21.2. The van der Waals surface area contributed by atoms with E-state index in [1.807, 2.05) is 176 Å². The summed E-state index contributed by atoms with van der Waals surface area (Å²) in [6.45, 7) is 64.3. The van der Waals surface area contributed by atoms with Gasteiger partial charge in [-0.2, -0.15) is 0 Å². The third-order valence-corrected chi connectivity index (χ3v) is 40.8. The lowest BCUT2D eigenvalue weighted by Gasteiger charge is -2.34. The number of carbonyl (C=O) groups is 4. The molecule has 4 amide bonds. The van der Waals surface area contributed by atoms with Crippen LogP contribution in [0.3, 0.4) is 0 Å². The van der Waals surface area contributed by atoms with Crippen LogP contribution in [0.4, 0.5) is 0 Å². The molecule has 8 unspecified atom stereocenters. The summed E-state index contributed by atoms with van der Waals surface area (Å²) in [7, 11) is -3.10. The average molecular weight is 2150 g/mol. The lowest BCUT2D eigenvalue weighted by Crippen LogP contribution is -2.47. The summed E-state index contributed by atoms with van der Waals surface area (Å²) in [6, 6.07) is 38.0. The van der Waals surface area contributed by atoms with Crippen molar-refractivity contribution in [2.24, 2.45) is 58.2 Å². The lowest BCUT2D eigenvalue weighted by atomic mass is 9.92. The maximum absolute atomic E-state index is 13.5. The van der Waals surface area contributed by atoms with E-state index in [0.717, 1.165) is 68.6 Å². The number of ether oxygens (including phenoxy) is 2. The average Bonchev–Trinajstić information content (AvgIpc) is 1.64. The van der Waals surface area contributed by atoms with Gasteiger partial charge in [0.1, 0.15) is 47.5 Å². The molecule has 8 aliphatic rings. The number of aryl methyl sites for hydroxylation is 4. The number of rotatable bonds is 40. The van der Waals surface area contributed by atoms with Gasteiger partial charge in [-0.15, -0.1) is 20.4 Å². The molecule has 8 fully saturated rings. The van der Waals surface area contributed by atoms with Gasteiger partial charge in [-0.05, 0) is 171 Å². The van der Waals surface area contributed by atoms with Crippen LogP contribution >= 0.6 is 0 Å². The Kier molecular flexibility index (Phi) is 39.4. The number of likely N-dealkylation sites (N-methyl/N-ethyl adjacent to an activating group) is 2. The van der Waals surface area contributed by atoms with Crippen LogP contribution in [0.15, 0.2) is 134 Å². The van der Waals surface area contributed by atoms with Gasteiger partial charge in [0.15, 0.2) is 0 Å². The van der Waals surface area contributed by atoms with E-state index < -0.39 is 40.4 Å². The normalized spacial score (nSPS) is 27.9. The fourth-order valence-corrected chi connectivity index (χ4v) is 32.7. The molecule has 8 aromatic rings. The van der Waals surface area contributed by atoms with E-state index in [1.165, 1.54) is 0 Å². The van der Waals surface area contributed by atoms with Gasteiger partial charge in [0.2, 0.25) is 23.6 Å². The highest BCUT2D eigenvalue weighted by molar-refractivity contribution is 6.67. The van der Waals surface area contributed by atoms with Crippen LogP contribution in [-0.2, 0) is 142 Å². The van der Waals surface area contributed by atoms with E-state index in [1.54, 1.807) is 28.5 Å². The Morgan fingerprint density at radius 3 is 0.993 bits per heavy atom. The topological polar surface area (TPSA) is 363 Å². The summed E-state index contributed by atoms with van der Waals surface area (Å²) in [5.74, 6) is 5.05. The van der Waals surface area contributed by atoms with Crippen molar-refractivity contribution in [2.45, 2.75) is 392 Å². The minimum Gasteiger partial charge on any atom is -0.487 e. The Bertz CT molecular complexity index is 5580. The molecule has 4 N–H and O–H groups in total. The highest BCUT2D eigenvalue weighted by atomic mass is 28.4. The Morgan fingerprint density at radius 2 is 0.660 bits per heavy atom. The van der Waals surface area contributed by atoms with Crippen molar-refractivity contribution in [3.05, 3.63) is 179 Å². The van der Waals surface area contributed by atoms with Crippen molar-refractivity contribution in [3.8, 4) is 11.5 Å². The molecule has 0 spiro atoms. The molecule has 0 saturated carbocycles. The summed E-state index contributed by atoms with van der Waals surface area (Å²) >= 11 is 0. The van der Waals surface area contributed by atoms with Crippen molar-refractivity contribution >= 4 is 58.4 Å². The van der Waals surface area contributed by atoms with Gasteiger partial charge >= 0.3 is 34.7 Å². The molecule has 4 aromatic carbocycles. The maximum Gasteiger partial charge on any atom is 0.503 e. The van der Waals surface area contributed by atoms with E-state index in [2.05, 4.69) is 252 Å². The molecule has 0 aliphatic carbocycles. The number of hydrogen-bond donors (Lipinski definition) is 4. The van der Waals surface area contributed by atoms with Crippen molar-refractivity contribution in [2.75, 3.05) is 28.3 Å². The van der Waals surface area contributed by atoms with Crippen LogP contribution in [0.5, 0.6) is 11.5 Å². The van der Waals surface area contributed by atoms with Crippen LogP contribution in [0.1, 0.15) is 225 Å². The standard InChI is InChI=1S/C29H47N5O5Si.C28H45N5O3Si.C27H43N5O5Si.C26H41N5O3Si/c1-19(2)25-26(20(3)4)39-40(36-9,38-25)15-14-34-17-22(31-32-34)18-37-23-12-10-21(11-13-23)16-24-27(35)33(8)28(30-24)29(5,6)7;1-19(2)24-25(20(3)4)36-37(8,35-24)15-14-32-17-22(30-31-32)18-33-26(34)23(29-27(33)28(5,6)7)16-21-12-10-9-11-13-21;1-18(2)24-25(19(3)4)37-38(34-8,36-24)14-13-32-16-21(29-30-32)17-35-22-11-9-20(10-12-22)15-23-26(33)31(7)27(5,6)28-23;1-18(2)23-24(19(3)4)34-35(7,33-23)14-13-30-16-21(28-29-30)17-31-25(32)22(27-26(31,5)6)15-20-11-9-8-10-12-20/h10-13,17,19-20,24-26,28,30H,14-16,18H2,1-9H3;9-13,17,19-20,23-25,27,29H,14-16,18H2,1-8H3;9-12,16,18-19,23-25,28H,13-15,17H2,1-8H3;8-12,16,18-19,22-24,27H,13-15,17H2,1-7H3/t24-,25?,26?,28-,40?;23-,24?,25?,27-,37?;23-,24?,25?,38?;22-,23?,24?,35?/m0000/s1. The van der Waals surface area contributed by atoms with Crippen LogP contribution < -0.4 is 30.7 Å². The largest absolute Gasteiger partial charge is 0.503 e. The van der Waals surface area contributed by atoms with E-state index in [-0.39, 0.29) is 125 Å². The number of nitrogens with one attached hydrogen (secondary N) is 4. The summed E-state index contributed by atoms with van der Waals surface area (Å²) < 4.78 is 82.7. The molecule has 828 valence electrons. The third kappa shape index (κ3) is 30.1. The smallest absolute Gasteiger partial charge is 0.487 e. The Morgan fingerprint density at radius 1 is 0.360 bits per heavy atom. The van der Waals surface area contributed by atoms with Crippen molar-refractivity contribution in [3.63, 3.8) is 0 Å². The zero-order chi connectivity index (χ0) is 109. The first-order chi connectivity index (χ1) is 70.6. The summed E-state index contributed by atoms with van der Waals surface area (Å²) in [5, 5.41) is 48.5. The van der Waals surface area contributed by atoms with Crippen LogP contribution in [0.2, 0.25) is 37.3 Å². The zero-order valence-electron chi connectivity index (χ0n) is 95.4. The predicted octanol–water partition coefficient (Wildman–Crippen LogP) is 15.2. The summed E-state index contributed by atoms with van der Waals surface area (Å²) in [4.78, 5) is 59.3. The fraction of sp³-hybridized carbons (Fsp3) is 0.673. The minimum absolute atomic E-state index is 0.0236. The molecule has 0 radical (unpaired) electrons. The van der Waals surface area contributed by atoms with Crippen molar-refractivity contribution < 1.29 is 72.9 Å². The Labute approximate surface area is 895 Å². The highest BCUT2D eigenvalue weighted by Gasteiger charge is 2.58. The highest BCUT2D eigenvalue weighted by Crippen LogP contribution is 2.43. The Hall–Kier alpha value is -8.77. The van der Waals surface area contributed by atoms with E-state index in [9.17, 15) is 19.2 Å². The number of amides is 4. The molecule has 8 aliphatic heterocycles. The van der Waals surface area contributed by atoms with Gasteiger partial charge < -0.3 is 73.3 Å². The molecular weight excluding hydrogens is 1970 g/mol.